The van der Waals surface area contributed by atoms with Crippen LogP contribution in [0.5, 0.6) is 0 Å². The van der Waals surface area contributed by atoms with Crippen molar-refractivity contribution in [3.8, 4) is 0 Å². The number of carbonyl (C=O) groups excluding carboxylic acids is 1. The van der Waals surface area contributed by atoms with Gasteiger partial charge in [0.15, 0.2) is 5.03 Å². The van der Waals surface area contributed by atoms with Crippen LogP contribution in [0.3, 0.4) is 0 Å². The third-order valence-electron chi connectivity index (χ3n) is 4.13. The summed E-state index contributed by atoms with van der Waals surface area (Å²) >= 11 is 0. The fraction of sp³-hybridized carbons (Fsp3) is 0.158. The number of carbonyl (C=O) groups is 1. The quantitative estimate of drug-likeness (QED) is 0.548. The number of aromatic nitrogens is 2. The molecular weight excluding hydrogens is 421 g/mol. The number of aryl methyl sites for hydroxylation is 1. The summed E-state index contributed by atoms with van der Waals surface area (Å²) in [5, 5.41) is 7.84. The Bertz CT molecular complexity index is 1160. The van der Waals surface area contributed by atoms with Gasteiger partial charge in [-0.25, -0.2) is 0 Å². The minimum Gasteiger partial charge on any atom is -0.348 e. The maximum Gasteiger partial charge on any atom is 0.416 e. The standard InChI is InChI=1S/C19H17F3N4O3S/c1-12-5-7-15(8-6-12)26-30(28,29)18-16(11-24-25-18)17(27)23-10-13-3-2-4-14(9-13)19(20,21)22/h2-9,11,26H,10H2,1H3,(H,23,27)(H,24,25). The lowest BCUT2D eigenvalue weighted by Gasteiger charge is -2.10. The first-order valence-corrected chi connectivity index (χ1v) is 10.1. The molecule has 1 aromatic heterocycles. The van der Waals surface area contributed by atoms with Crippen molar-refractivity contribution in [3.05, 3.63) is 77.0 Å². The maximum absolute atomic E-state index is 12.8. The number of amides is 1. The number of rotatable bonds is 6. The number of sulfonamides is 1. The van der Waals surface area contributed by atoms with Crippen LogP contribution >= 0.6 is 0 Å². The molecule has 0 spiro atoms. The fourth-order valence-corrected chi connectivity index (χ4v) is 3.76. The molecule has 2 aromatic carbocycles. The van der Waals surface area contributed by atoms with Crippen LogP contribution in [0.2, 0.25) is 0 Å². The molecule has 0 saturated heterocycles. The molecule has 158 valence electrons. The van der Waals surface area contributed by atoms with E-state index < -0.39 is 32.7 Å². The molecule has 0 aliphatic carbocycles. The first kappa shape index (κ1) is 21.4. The summed E-state index contributed by atoms with van der Waals surface area (Å²) in [5.74, 6) is -0.801. The highest BCUT2D eigenvalue weighted by Gasteiger charge is 2.30. The molecule has 0 unspecified atom stereocenters. The van der Waals surface area contributed by atoms with E-state index in [-0.39, 0.29) is 17.7 Å². The number of nitrogens with one attached hydrogen (secondary N) is 3. The Labute approximate surface area is 170 Å². The number of H-pyrrole nitrogens is 1. The van der Waals surface area contributed by atoms with Gasteiger partial charge in [0.1, 0.15) is 0 Å². The minimum absolute atomic E-state index is 0.212. The van der Waals surface area contributed by atoms with Crippen molar-refractivity contribution in [2.24, 2.45) is 0 Å². The number of alkyl halides is 3. The Morgan fingerprint density at radius 1 is 1.13 bits per heavy atom. The summed E-state index contributed by atoms with van der Waals surface area (Å²) in [4.78, 5) is 12.4. The van der Waals surface area contributed by atoms with Gasteiger partial charge >= 0.3 is 6.18 Å². The maximum atomic E-state index is 12.8. The van der Waals surface area contributed by atoms with Gasteiger partial charge in [0.05, 0.1) is 17.3 Å². The first-order chi connectivity index (χ1) is 14.1. The zero-order valence-electron chi connectivity index (χ0n) is 15.6. The Hall–Kier alpha value is -3.34. The molecule has 3 rings (SSSR count). The van der Waals surface area contributed by atoms with Crippen molar-refractivity contribution in [1.29, 1.82) is 0 Å². The zero-order valence-corrected chi connectivity index (χ0v) is 16.4. The number of halogens is 3. The summed E-state index contributed by atoms with van der Waals surface area (Å²) in [6, 6.07) is 11.0. The Morgan fingerprint density at radius 2 is 1.83 bits per heavy atom. The molecule has 0 fully saturated rings. The molecule has 0 aliphatic rings. The Kier molecular flexibility index (Phi) is 5.83. The van der Waals surface area contributed by atoms with Gasteiger partial charge in [0.2, 0.25) is 0 Å². The zero-order chi connectivity index (χ0) is 21.9. The molecular formula is C19H17F3N4O3S. The third kappa shape index (κ3) is 4.98. The molecule has 11 heteroatoms. The lowest BCUT2D eigenvalue weighted by atomic mass is 10.1. The van der Waals surface area contributed by atoms with Gasteiger partial charge in [-0.05, 0) is 36.8 Å². The van der Waals surface area contributed by atoms with E-state index >= 15 is 0 Å². The highest BCUT2D eigenvalue weighted by Crippen LogP contribution is 2.29. The highest BCUT2D eigenvalue weighted by atomic mass is 32.2. The normalized spacial score (nSPS) is 11.9. The number of nitrogens with zero attached hydrogens (tertiary/aromatic N) is 1. The molecule has 0 atom stereocenters. The van der Waals surface area contributed by atoms with Crippen molar-refractivity contribution in [2.45, 2.75) is 24.7 Å². The second kappa shape index (κ2) is 8.19. The van der Waals surface area contributed by atoms with E-state index in [2.05, 4.69) is 20.2 Å². The van der Waals surface area contributed by atoms with Gasteiger partial charge in [0, 0.05) is 12.2 Å². The second-order valence-corrected chi connectivity index (χ2v) is 8.08. The topological polar surface area (TPSA) is 104 Å². The Balaban J connectivity index is 1.74. The molecule has 1 heterocycles. The number of hydrogen-bond donors (Lipinski definition) is 3. The van der Waals surface area contributed by atoms with Crippen molar-refractivity contribution < 1.29 is 26.4 Å². The van der Waals surface area contributed by atoms with E-state index in [1.165, 1.54) is 12.1 Å². The molecule has 3 aromatic rings. The smallest absolute Gasteiger partial charge is 0.348 e. The lowest BCUT2D eigenvalue weighted by molar-refractivity contribution is -0.137. The minimum atomic E-state index is -4.51. The average Bonchev–Trinajstić information content (AvgIpc) is 3.18. The average molecular weight is 438 g/mol. The number of benzene rings is 2. The van der Waals surface area contributed by atoms with E-state index in [0.717, 1.165) is 23.9 Å². The van der Waals surface area contributed by atoms with E-state index in [9.17, 15) is 26.4 Å². The lowest BCUT2D eigenvalue weighted by Crippen LogP contribution is -2.25. The van der Waals surface area contributed by atoms with Crippen LogP contribution < -0.4 is 10.0 Å². The van der Waals surface area contributed by atoms with Gasteiger partial charge < -0.3 is 5.32 Å². The summed E-state index contributed by atoms with van der Waals surface area (Å²) in [7, 11) is -4.15. The van der Waals surface area contributed by atoms with E-state index in [4.69, 9.17) is 0 Å². The van der Waals surface area contributed by atoms with Crippen LogP contribution in [0.1, 0.15) is 27.0 Å². The number of hydrogen-bond acceptors (Lipinski definition) is 4. The number of anilines is 1. The van der Waals surface area contributed by atoms with Gasteiger partial charge in [-0.2, -0.15) is 26.7 Å². The van der Waals surface area contributed by atoms with Crippen LogP contribution in [0.4, 0.5) is 18.9 Å². The van der Waals surface area contributed by atoms with Gasteiger partial charge in [-0.3, -0.25) is 14.6 Å². The molecule has 0 aliphatic heterocycles. The summed E-state index contributed by atoms with van der Waals surface area (Å²) in [6.45, 7) is 1.62. The SMILES string of the molecule is Cc1ccc(NS(=O)(=O)c2[nH]ncc2C(=O)NCc2cccc(C(F)(F)F)c2)cc1. The highest BCUT2D eigenvalue weighted by molar-refractivity contribution is 7.92. The molecule has 3 N–H and O–H groups in total. The van der Waals surface area contributed by atoms with Crippen LogP contribution in [-0.4, -0.2) is 24.5 Å². The van der Waals surface area contributed by atoms with E-state index in [1.807, 2.05) is 6.92 Å². The molecule has 0 radical (unpaired) electrons. The predicted octanol–water partition coefficient (Wildman–Crippen LogP) is 3.47. The molecule has 7 nitrogen and oxygen atoms in total. The number of aromatic amines is 1. The van der Waals surface area contributed by atoms with Crippen LogP contribution in [0.25, 0.3) is 0 Å². The predicted molar refractivity (Wildman–Crippen MR) is 103 cm³/mol. The van der Waals surface area contributed by atoms with E-state index in [1.54, 1.807) is 24.3 Å². The summed E-state index contributed by atoms with van der Waals surface area (Å²) in [6.07, 6.45) is -3.47. The monoisotopic (exact) mass is 438 g/mol. The fourth-order valence-electron chi connectivity index (χ4n) is 2.60. The second-order valence-electron chi connectivity index (χ2n) is 6.47. The first-order valence-electron chi connectivity index (χ1n) is 8.63. The van der Waals surface area contributed by atoms with Crippen LogP contribution in [0, 0.1) is 6.92 Å². The van der Waals surface area contributed by atoms with Gasteiger partial charge in [-0.1, -0.05) is 29.8 Å². The molecule has 1 amide bonds. The van der Waals surface area contributed by atoms with Crippen molar-refractivity contribution in [3.63, 3.8) is 0 Å². The van der Waals surface area contributed by atoms with Gasteiger partial charge in [-0.15, -0.1) is 0 Å². The van der Waals surface area contributed by atoms with Gasteiger partial charge in [0.25, 0.3) is 15.9 Å². The van der Waals surface area contributed by atoms with E-state index in [0.29, 0.717) is 5.69 Å². The van der Waals surface area contributed by atoms with Crippen LogP contribution in [-0.2, 0) is 22.7 Å². The van der Waals surface area contributed by atoms with Crippen LogP contribution in [0.15, 0.2) is 59.8 Å². The third-order valence-corrected chi connectivity index (χ3v) is 5.48. The Morgan fingerprint density at radius 3 is 2.50 bits per heavy atom. The van der Waals surface area contributed by atoms with Crippen molar-refractivity contribution in [1.82, 2.24) is 15.5 Å². The summed E-state index contributed by atoms with van der Waals surface area (Å²) < 4.78 is 66.0. The molecule has 0 saturated carbocycles. The summed E-state index contributed by atoms with van der Waals surface area (Å²) in [5.41, 5.74) is 0.341. The van der Waals surface area contributed by atoms with Crippen molar-refractivity contribution >= 4 is 21.6 Å². The molecule has 0 bridgehead atoms. The van der Waals surface area contributed by atoms with Crippen molar-refractivity contribution in [2.75, 3.05) is 4.72 Å². The largest absolute Gasteiger partial charge is 0.416 e. The molecule has 30 heavy (non-hydrogen) atoms.